The average Bonchev–Trinajstić information content (AvgIpc) is 2.33. The van der Waals surface area contributed by atoms with Crippen LogP contribution in [0.4, 0.5) is 0 Å². The molecule has 0 aromatic carbocycles. The Bertz CT molecular complexity index is 197. The smallest absolute Gasteiger partial charge is 0.0435 e. The molecule has 0 spiro atoms. The summed E-state index contributed by atoms with van der Waals surface area (Å²) in [5.41, 5.74) is 2.77. The Balaban J connectivity index is 0.000000500. The minimum absolute atomic E-state index is 0. The molecule has 1 heterocycles. The van der Waals surface area contributed by atoms with E-state index in [2.05, 4.69) is 11.1 Å². The van der Waals surface area contributed by atoms with E-state index in [0.717, 1.165) is 0 Å². The molecule has 2 nitrogen and oxygen atoms in total. The lowest BCUT2D eigenvalue weighted by Gasteiger charge is -1.92. The summed E-state index contributed by atoms with van der Waals surface area (Å²) in [4.78, 5) is 4.26. The van der Waals surface area contributed by atoms with Crippen LogP contribution in [0.5, 0.6) is 0 Å². The highest BCUT2D eigenvalue weighted by molar-refractivity contribution is 5.23. The fourth-order valence-corrected chi connectivity index (χ4v) is 1.37. The predicted molar refractivity (Wildman–Crippen MR) is 38.4 cm³/mol. The van der Waals surface area contributed by atoms with Gasteiger partial charge in [-0.25, -0.2) is 0 Å². The molecule has 1 aromatic rings. The molecule has 51 valence electrons. The number of aryl methyl sites for hydroxylation is 2. The van der Waals surface area contributed by atoms with Crippen LogP contribution >= 0.6 is 0 Å². The van der Waals surface area contributed by atoms with Gasteiger partial charge in [0.1, 0.15) is 0 Å². The van der Waals surface area contributed by atoms with Crippen molar-refractivity contribution >= 4 is 0 Å². The van der Waals surface area contributed by atoms with Crippen molar-refractivity contribution in [2.75, 3.05) is 0 Å². The molecule has 1 aliphatic rings. The first-order valence-electron chi connectivity index (χ1n) is 3.39. The lowest BCUT2D eigenvalue weighted by Crippen LogP contribution is -1.83. The summed E-state index contributed by atoms with van der Waals surface area (Å²) in [6.07, 6.45) is 5.61. The fourth-order valence-electron chi connectivity index (χ4n) is 1.37. The number of hydrogen-bond donors (Lipinski definition) is 0. The molecule has 0 atom stereocenters. The van der Waals surface area contributed by atoms with E-state index in [1.807, 2.05) is 12.3 Å². The normalized spacial score (nSPS) is 14.0. The highest BCUT2D eigenvalue weighted by atomic mass is 14.7. The second-order valence-corrected chi connectivity index (χ2v) is 2.46. The second kappa shape index (κ2) is 2.80. The quantitative estimate of drug-likeness (QED) is 0.522. The molecular formula is C8H9N2. The van der Waals surface area contributed by atoms with Crippen molar-refractivity contribution in [3.63, 3.8) is 0 Å². The average molecular weight is 133 g/mol. The van der Waals surface area contributed by atoms with E-state index in [9.17, 15) is 0 Å². The second-order valence-electron chi connectivity index (χ2n) is 2.46. The fraction of sp³-hybridized carbons (Fsp3) is 0.375. The van der Waals surface area contributed by atoms with Gasteiger partial charge in [0.25, 0.3) is 0 Å². The number of fused-ring (bicyclic) bond motifs is 1. The third-order valence-electron chi connectivity index (χ3n) is 1.84. The molecule has 0 fully saturated rings. The van der Waals surface area contributed by atoms with Crippen LogP contribution in [-0.4, -0.2) is 4.98 Å². The van der Waals surface area contributed by atoms with Crippen LogP contribution in [0.15, 0.2) is 18.3 Å². The Morgan fingerprint density at radius 2 is 2.20 bits per heavy atom. The molecule has 0 unspecified atom stereocenters. The van der Waals surface area contributed by atoms with E-state index in [1.54, 1.807) is 0 Å². The maximum Gasteiger partial charge on any atom is 0.0435 e. The Morgan fingerprint density at radius 1 is 1.30 bits per heavy atom. The zero-order chi connectivity index (χ0) is 6.10. The van der Waals surface area contributed by atoms with Crippen molar-refractivity contribution in [3.05, 3.63) is 29.6 Å². The van der Waals surface area contributed by atoms with Crippen LogP contribution in [-0.2, 0) is 12.8 Å². The first-order chi connectivity index (χ1) is 4.47. The molecule has 1 aliphatic carbocycles. The van der Waals surface area contributed by atoms with Gasteiger partial charge in [0.15, 0.2) is 0 Å². The predicted octanol–water partition coefficient (Wildman–Crippen LogP) is 1.09. The summed E-state index contributed by atoms with van der Waals surface area (Å²) in [7, 11) is 0. The zero-order valence-corrected chi connectivity index (χ0v) is 5.75. The minimum atomic E-state index is 0. The van der Waals surface area contributed by atoms with Gasteiger partial charge >= 0.3 is 0 Å². The topological polar surface area (TPSA) is 43.4 Å². The Morgan fingerprint density at radius 3 is 3.00 bits per heavy atom. The summed E-state index contributed by atoms with van der Waals surface area (Å²) in [5, 5.41) is 0. The zero-order valence-electron chi connectivity index (χ0n) is 5.75. The number of rotatable bonds is 0. The van der Waals surface area contributed by atoms with Crippen molar-refractivity contribution in [1.82, 2.24) is 11.1 Å². The van der Waals surface area contributed by atoms with Crippen LogP contribution in [0.3, 0.4) is 0 Å². The Hall–Kier alpha value is -0.890. The monoisotopic (exact) mass is 133 g/mol. The molecule has 0 bridgehead atoms. The van der Waals surface area contributed by atoms with E-state index in [1.165, 1.54) is 30.5 Å². The third-order valence-corrected chi connectivity index (χ3v) is 1.84. The summed E-state index contributed by atoms with van der Waals surface area (Å²) in [6.45, 7) is 0. The standard InChI is InChI=1S/C8H9N.N/c1-3-7-4-2-6-9-8(7)5-1;/h2,4,6H,1,3,5H2;. The van der Waals surface area contributed by atoms with E-state index in [4.69, 9.17) is 0 Å². The summed E-state index contributed by atoms with van der Waals surface area (Å²) < 4.78 is 0. The highest BCUT2D eigenvalue weighted by Gasteiger charge is 2.08. The number of pyridine rings is 1. The number of nitrogens with zero attached hydrogens (tertiary/aromatic N) is 2. The third kappa shape index (κ3) is 1.02. The molecule has 10 heavy (non-hydrogen) atoms. The van der Waals surface area contributed by atoms with Gasteiger partial charge in [-0.1, -0.05) is 6.07 Å². The van der Waals surface area contributed by atoms with Crippen molar-refractivity contribution in [1.29, 1.82) is 0 Å². The molecule has 1 aromatic heterocycles. The SMILES string of the molecule is [N].c1cnc2c(c1)CCC2. The van der Waals surface area contributed by atoms with Crippen molar-refractivity contribution in [3.8, 4) is 0 Å². The molecule has 3 radical (unpaired) electrons. The molecule has 2 heteroatoms. The van der Waals surface area contributed by atoms with E-state index in [-0.39, 0.29) is 6.15 Å². The van der Waals surface area contributed by atoms with E-state index < -0.39 is 0 Å². The Kier molecular flexibility index (Phi) is 2.02. The largest absolute Gasteiger partial charge is 0.261 e. The molecule has 0 amide bonds. The van der Waals surface area contributed by atoms with Crippen LogP contribution < -0.4 is 6.15 Å². The minimum Gasteiger partial charge on any atom is -0.261 e. The first kappa shape index (κ1) is 7.22. The van der Waals surface area contributed by atoms with Gasteiger partial charge < -0.3 is 0 Å². The van der Waals surface area contributed by atoms with Gasteiger partial charge in [-0.15, -0.1) is 0 Å². The maximum absolute atomic E-state index is 4.26. The summed E-state index contributed by atoms with van der Waals surface area (Å²) >= 11 is 0. The van der Waals surface area contributed by atoms with Gasteiger partial charge in [-0.05, 0) is 30.9 Å². The highest BCUT2D eigenvalue weighted by Crippen LogP contribution is 2.17. The van der Waals surface area contributed by atoms with E-state index in [0.29, 0.717) is 0 Å². The van der Waals surface area contributed by atoms with Gasteiger partial charge in [0.2, 0.25) is 0 Å². The Labute approximate surface area is 60.9 Å². The first-order valence-corrected chi connectivity index (χ1v) is 3.39. The van der Waals surface area contributed by atoms with Gasteiger partial charge in [0, 0.05) is 18.0 Å². The van der Waals surface area contributed by atoms with Crippen LogP contribution in [0.1, 0.15) is 17.7 Å². The lowest BCUT2D eigenvalue weighted by atomic mass is 10.2. The van der Waals surface area contributed by atoms with Gasteiger partial charge in [-0.3, -0.25) is 4.98 Å². The molecule has 0 saturated heterocycles. The molecule has 0 aliphatic heterocycles. The molecule has 0 N–H and O–H groups in total. The van der Waals surface area contributed by atoms with Crippen molar-refractivity contribution < 1.29 is 0 Å². The van der Waals surface area contributed by atoms with Crippen LogP contribution in [0.2, 0.25) is 0 Å². The molecule has 2 rings (SSSR count). The lowest BCUT2D eigenvalue weighted by molar-refractivity contribution is 0.899. The van der Waals surface area contributed by atoms with Crippen LogP contribution in [0.25, 0.3) is 0 Å². The molecular weight excluding hydrogens is 124 g/mol. The number of aromatic nitrogens is 1. The van der Waals surface area contributed by atoms with E-state index >= 15 is 0 Å². The van der Waals surface area contributed by atoms with Crippen LogP contribution in [0, 0.1) is 0 Å². The maximum atomic E-state index is 4.26. The molecule has 0 saturated carbocycles. The van der Waals surface area contributed by atoms with Gasteiger partial charge in [-0.2, -0.15) is 0 Å². The van der Waals surface area contributed by atoms with Crippen molar-refractivity contribution in [2.24, 2.45) is 0 Å². The summed E-state index contributed by atoms with van der Waals surface area (Å²) in [6, 6.07) is 4.19. The summed E-state index contributed by atoms with van der Waals surface area (Å²) in [5.74, 6) is 0. The van der Waals surface area contributed by atoms with Gasteiger partial charge in [0.05, 0.1) is 0 Å². The number of hydrogen-bond acceptors (Lipinski definition) is 1. The van der Waals surface area contributed by atoms with Crippen molar-refractivity contribution in [2.45, 2.75) is 19.3 Å².